The number of hydrogen-bond acceptors (Lipinski definition) is 8. The van der Waals surface area contributed by atoms with Crippen molar-refractivity contribution in [2.45, 2.75) is 26.6 Å². The van der Waals surface area contributed by atoms with E-state index in [-0.39, 0.29) is 0 Å². The Morgan fingerprint density at radius 2 is 1.76 bits per heavy atom. The molecule has 9 nitrogen and oxygen atoms in total. The van der Waals surface area contributed by atoms with Gasteiger partial charge in [-0.2, -0.15) is 4.98 Å². The van der Waals surface area contributed by atoms with Gasteiger partial charge in [0, 0.05) is 38.2 Å². The second kappa shape index (κ2) is 8.59. The molecule has 1 aliphatic heterocycles. The van der Waals surface area contributed by atoms with Crippen LogP contribution in [0, 0.1) is 6.92 Å². The summed E-state index contributed by atoms with van der Waals surface area (Å²) in [4.78, 5) is 11.4. The van der Waals surface area contributed by atoms with Crippen molar-refractivity contribution < 1.29 is 18.7 Å². The fourth-order valence-corrected chi connectivity index (χ4v) is 4.21. The van der Waals surface area contributed by atoms with Crippen molar-refractivity contribution in [2.75, 3.05) is 21.3 Å². The Kier molecular flexibility index (Phi) is 5.47. The number of hydrogen-bond donors (Lipinski definition) is 0. The van der Waals surface area contributed by atoms with E-state index >= 15 is 0 Å². The van der Waals surface area contributed by atoms with Gasteiger partial charge in [0.05, 0.1) is 32.7 Å². The summed E-state index contributed by atoms with van der Waals surface area (Å²) in [7, 11) is 5.00. The molecule has 0 saturated carbocycles. The van der Waals surface area contributed by atoms with E-state index in [0.29, 0.717) is 37.0 Å². The Hall–Kier alpha value is -3.85. The molecule has 0 atom stereocenters. The van der Waals surface area contributed by atoms with Crippen molar-refractivity contribution in [1.29, 1.82) is 0 Å². The molecular formula is C24H25N5O4. The Balaban J connectivity index is 1.59. The Labute approximate surface area is 191 Å². The van der Waals surface area contributed by atoms with Gasteiger partial charge in [0.2, 0.25) is 11.7 Å². The van der Waals surface area contributed by atoms with Gasteiger partial charge in [0.1, 0.15) is 29.3 Å². The number of fused-ring (bicyclic) bond motifs is 3. The van der Waals surface area contributed by atoms with Crippen LogP contribution in [0.25, 0.3) is 17.2 Å². The van der Waals surface area contributed by atoms with Crippen molar-refractivity contribution in [2.24, 2.45) is 0 Å². The van der Waals surface area contributed by atoms with Crippen LogP contribution < -0.4 is 14.2 Å². The van der Waals surface area contributed by atoms with E-state index in [1.165, 1.54) is 0 Å². The summed E-state index contributed by atoms with van der Waals surface area (Å²) in [6.07, 6.45) is 1.82. The molecule has 0 unspecified atom stereocenters. The molecule has 5 rings (SSSR count). The minimum atomic E-state index is 0.486. The zero-order chi connectivity index (χ0) is 22.9. The van der Waals surface area contributed by atoms with Crippen LogP contribution in [0.2, 0.25) is 0 Å². The lowest BCUT2D eigenvalue weighted by atomic mass is 10.1. The predicted octanol–water partition coefficient (Wildman–Crippen LogP) is 3.77. The third-order valence-corrected chi connectivity index (χ3v) is 5.81. The van der Waals surface area contributed by atoms with E-state index < -0.39 is 0 Å². The molecule has 0 fully saturated rings. The quantitative estimate of drug-likeness (QED) is 0.441. The van der Waals surface area contributed by atoms with Crippen molar-refractivity contribution in [3.8, 4) is 34.5 Å². The van der Waals surface area contributed by atoms with Crippen LogP contribution in [0.4, 0.5) is 0 Å². The van der Waals surface area contributed by atoms with Gasteiger partial charge in [-0.25, -0.2) is 4.98 Å². The SMILES string of the molecule is COc1ccc2c(c1)CN(Cc1ccc(OC)cc1OC)Cc1c(-c3noc(C)n3)ncn1-2. The first kappa shape index (κ1) is 21.0. The molecular weight excluding hydrogens is 422 g/mol. The van der Waals surface area contributed by atoms with Crippen LogP contribution in [-0.4, -0.2) is 45.9 Å². The number of nitrogens with zero attached hydrogens (tertiary/aromatic N) is 5. The molecule has 0 saturated heterocycles. The van der Waals surface area contributed by atoms with E-state index in [9.17, 15) is 0 Å². The standard InChI is InChI=1S/C24H25N5O4/c1-15-26-24(27-33-15)23-21-13-28(11-16-5-6-19(31-3)10-22(16)32-4)12-17-9-18(30-2)7-8-20(17)29(21)14-25-23/h5-10,14H,11-13H2,1-4H3. The zero-order valence-electron chi connectivity index (χ0n) is 19.0. The molecule has 0 amide bonds. The summed E-state index contributed by atoms with van der Waals surface area (Å²) < 4.78 is 23.8. The first-order valence-electron chi connectivity index (χ1n) is 10.6. The molecule has 0 spiro atoms. The van der Waals surface area contributed by atoms with Gasteiger partial charge in [-0.05, 0) is 29.8 Å². The average molecular weight is 447 g/mol. The van der Waals surface area contributed by atoms with E-state index in [4.69, 9.17) is 18.7 Å². The molecule has 3 heterocycles. The van der Waals surface area contributed by atoms with Crippen LogP contribution in [0.1, 0.15) is 22.7 Å². The van der Waals surface area contributed by atoms with Crippen LogP contribution in [0.3, 0.4) is 0 Å². The third kappa shape index (κ3) is 3.91. The molecule has 170 valence electrons. The molecule has 2 aromatic carbocycles. The lowest BCUT2D eigenvalue weighted by Gasteiger charge is -2.22. The van der Waals surface area contributed by atoms with Gasteiger partial charge in [-0.3, -0.25) is 4.90 Å². The maximum Gasteiger partial charge on any atom is 0.223 e. The van der Waals surface area contributed by atoms with Crippen LogP contribution in [0.5, 0.6) is 17.2 Å². The predicted molar refractivity (Wildman–Crippen MR) is 121 cm³/mol. The normalized spacial score (nSPS) is 13.2. The summed E-state index contributed by atoms with van der Waals surface area (Å²) >= 11 is 0. The monoisotopic (exact) mass is 447 g/mol. The summed E-state index contributed by atoms with van der Waals surface area (Å²) in [6, 6.07) is 12.0. The minimum Gasteiger partial charge on any atom is -0.497 e. The largest absolute Gasteiger partial charge is 0.497 e. The van der Waals surface area contributed by atoms with Gasteiger partial charge in [0.25, 0.3) is 0 Å². The number of aryl methyl sites for hydroxylation is 1. The highest BCUT2D eigenvalue weighted by molar-refractivity contribution is 5.57. The number of aromatic nitrogens is 4. The molecule has 9 heteroatoms. The molecule has 0 aliphatic carbocycles. The summed E-state index contributed by atoms with van der Waals surface area (Å²) in [5, 5.41) is 4.10. The third-order valence-electron chi connectivity index (χ3n) is 5.81. The van der Waals surface area contributed by atoms with Gasteiger partial charge >= 0.3 is 0 Å². The highest BCUT2D eigenvalue weighted by Crippen LogP contribution is 2.34. The molecule has 0 bridgehead atoms. The summed E-state index contributed by atoms with van der Waals surface area (Å²) in [6.45, 7) is 3.79. The topological polar surface area (TPSA) is 87.7 Å². The maximum atomic E-state index is 5.64. The molecule has 0 radical (unpaired) electrons. The van der Waals surface area contributed by atoms with Crippen LogP contribution >= 0.6 is 0 Å². The first-order valence-corrected chi connectivity index (χ1v) is 10.6. The first-order chi connectivity index (χ1) is 16.1. The van der Waals surface area contributed by atoms with E-state index in [0.717, 1.165) is 39.8 Å². The Morgan fingerprint density at radius 3 is 2.48 bits per heavy atom. The van der Waals surface area contributed by atoms with Crippen LogP contribution in [0.15, 0.2) is 47.2 Å². The van der Waals surface area contributed by atoms with Crippen LogP contribution in [-0.2, 0) is 19.6 Å². The number of methoxy groups -OCH3 is 3. The van der Waals surface area contributed by atoms with Gasteiger partial charge in [-0.1, -0.05) is 11.2 Å². The zero-order valence-corrected chi connectivity index (χ0v) is 19.0. The van der Waals surface area contributed by atoms with E-state index in [1.54, 1.807) is 28.3 Å². The second-order valence-electron chi connectivity index (χ2n) is 7.86. The fourth-order valence-electron chi connectivity index (χ4n) is 4.21. The number of rotatable bonds is 6. The lowest BCUT2D eigenvalue weighted by molar-refractivity contribution is 0.244. The van der Waals surface area contributed by atoms with Gasteiger partial charge < -0.3 is 23.3 Å². The Bertz CT molecular complexity index is 1300. The molecule has 1 aliphatic rings. The highest BCUT2D eigenvalue weighted by Gasteiger charge is 2.26. The molecule has 2 aromatic heterocycles. The highest BCUT2D eigenvalue weighted by atomic mass is 16.5. The molecule has 0 N–H and O–H groups in total. The van der Waals surface area contributed by atoms with E-state index in [1.807, 2.05) is 30.6 Å². The van der Waals surface area contributed by atoms with Crippen molar-refractivity contribution in [3.63, 3.8) is 0 Å². The van der Waals surface area contributed by atoms with Crippen molar-refractivity contribution in [3.05, 3.63) is 65.4 Å². The minimum absolute atomic E-state index is 0.486. The van der Waals surface area contributed by atoms with Crippen molar-refractivity contribution >= 4 is 0 Å². The molecule has 4 aromatic rings. The molecule has 33 heavy (non-hydrogen) atoms. The smallest absolute Gasteiger partial charge is 0.223 e. The average Bonchev–Trinajstić information content (AvgIpc) is 3.41. The van der Waals surface area contributed by atoms with Gasteiger partial charge in [-0.15, -0.1) is 0 Å². The summed E-state index contributed by atoms with van der Waals surface area (Å²) in [5.41, 5.74) is 4.95. The van der Waals surface area contributed by atoms with Crippen molar-refractivity contribution in [1.82, 2.24) is 24.6 Å². The number of ether oxygens (including phenoxy) is 3. The number of benzene rings is 2. The lowest BCUT2D eigenvalue weighted by Crippen LogP contribution is -2.22. The fraction of sp³-hybridized carbons (Fsp3) is 0.292. The summed E-state index contributed by atoms with van der Waals surface area (Å²) in [5.74, 6) is 3.35. The number of imidazole rings is 1. The van der Waals surface area contributed by atoms with E-state index in [2.05, 4.69) is 36.7 Å². The van der Waals surface area contributed by atoms with Gasteiger partial charge in [0.15, 0.2) is 0 Å². The second-order valence-corrected chi connectivity index (χ2v) is 7.86. The maximum absolute atomic E-state index is 5.64. The Morgan fingerprint density at radius 1 is 0.970 bits per heavy atom.